The van der Waals surface area contributed by atoms with Crippen molar-refractivity contribution >= 4 is 17.5 Å². The molecule has 96 valence electrons. The van der Waals surface area contributed by atoms with Crippen molar-refractivity contribution in [1.82, 2.24) is 0 Å². The van der Waals surface area contributed by atoms with E-state index < -0.39 is 6.04 Å². The third kappa shape index (κ3) is 2.36. The summed E-state index contributed by atoms with van der Waals surface area (Å²) < 4.78 is 5.31. The fourth-order valence-corrected chi connectivity index (χ4v) is 1.93. The molecule has 18 heavy (non-hydrogen) atoms. The van der Waals surface area contributed by atoms with Crippen LogP contribution in [-0.2, 0) is 9.59 Å². The second kappa shape index (κ2) is 5.18. The lowest BCUT2D eigenvalue weighted by atomic mass is 10.0. The lowest BCUT2D eigenvalue weighted by molar-refractivity contribution is -0.130. The predicted molar refractivity (Wildman–Crippen MR) is 67.3 cm³/mol. The summed E-state index contributed by atoms with van der Waals surface area (Å²) in [5, 5.41) is 0. The Hall–Kier alpha value is -1.88. The van der Waals surface area contributed by atoms with Gasteiger partial charge in [-0.1, -0.05) is 0 Å². The third-order valence-electron chi connectivity index (χ3n) is 2.86. The number of rotatable bonds is 3. The van der Waals surface area contributed by atoms with E-state index in [0.717, 1.165) is 4.90 Å². The molecule has 5 heteroatoms. The van der Waals surface area contributed by atoms with E-state index in [1.54, 1.807) is 24.3 Å². The molecule has 1 saturated heterocycles. The molecule has 0 saturated carbocycles. The Morgan fingerprint density at radius 1 is 1.33 bits per heavy atom. The van der Waals surface area contributed by atoms with Gasteiger partial charge in [-0.25, -0.2) is 4.90 Å². The molecule has 1 aromatic rings. The molecule has 0 aromatic heterocycles. The van der Waals surface area contributed by atoms with Crippen LogP contribution in [0, 0.1) is 0 Å². The predicted octanol–water partition coefficient (Wildman–Crippen LogP) is 1.07. The van der Waals surface area contributed by atoms with Gasteiger partial charge in [-0.2, -0.15) is 0 Å². The number of anilines is 1. The highest BCUT2D eigenvalue weighted by atomic mass is 16.5. The Morgan fingerprint density at radius 2 is 2.00 bits per heavy atom. The largest absolute Gasteiger partial charge is 0.494 e. The van der Waals surface area contributed by atoms with Crippen molar-refractivity contribution in [3.05, 3.63) is 24.3 Å². The Morgan fingerprint density at radius 3 is 2.61 bits per heavy atom. The van der Waals surface area contributed by atoms with Crippen LogP contribution >= 0.6 is 0 Å². The SMILES string of the molecule is CCOc1ccc(N2C(=O)CCC(N)C2=O)cc1. The summed E-state index contributed by atoms with van der Waals surface area (Å²) in [5.41, 5.74) is 6.22. The molecule has 2 amide bonds. The average molecular weight is 248 g/mol. The number of nitrogens with zero attached hydrogens (tertiary/aromatic N) is 1. The molecule has 1 atom stereocenters. The van der Waals surface area contributed by atoms with Crippen LogP contribution in [0.25, 0.3) is 0 Å². The number of hydrogen-bond donors (Lipinski definition) is 1. The maximum absolute atomic E-state index is 11.9. The van der Waals surface area contributed by atoms with E-state index in [1.807, 2.05) is 6.92 Å². The Balaban J connectivity index is 2.23. The molecule has 2 rings (SSSR count). The fraction of sp³-hybridized carbons (Fsp3) is 0.385. The van der Waals surface area contributed by atoms with Crippen LogP contribution in [0.3, 0.4) is 0 Å². The van der Waals surface area contributed by atoms with Crippen molar-refractivity contribution in [2.45, 2.75) is 25.8 Å². The summed E-state index contributed by atoms with van der Waals surface area (Å²) in [6.45, 7) is 2.47. The number of piperidine rings is 1. The van der Waals surface area contributed by atoms with Crippen LogP contribution < -0.4 is 15.4 Å². The molecule has 0 spiro atoms. The van der Waals surface area contributed by atoms with Gasteiger partial charge >= 0.3 is 0 Å². The first-order valence-corrected chi connectivity index (χ1v) is 5.98. The van der Waals surface area contributed by atoms with Crippen LogP contribution in [0.4, 0.5) is 5.69 Å². The van der Waals surface area contributed by atoms with E-state index in [2.05, 4.69) is 0 Å². The first-order valence-electron chi connectivity index (χ1n) is 5.98. The molecular weight excluding hydrogens is 232 g/mol. The Bertz CT molecular complexity index is 456. The number of amides is 2. The molecule has 0 radical (unpaired) electrons. The van der Waals surface area contributed by atoms with Gasteiger partial charge in [0.2, 0.25) is 5.91 Å². The summed E-state index contributed by atoms with van der Waals surface area (Å²) in [4.78, 5) is 24.8. The van der Waals surface area contributed by atoms with Crippen molar-refractivity contribution in [2.24, 2.45) is 5.73 Å². The first kappa shape index (κ1) is 12.6. The van der Waals surface area contributed by atoms with Crippen molar-refractivity contribution < 1.29 is 14.3 Å². The number of hydrogen-bond acceptors (Lipinski definition) is 4. The van der Waals surface area contributed by atoms with E-state index in [-0.39, 0.29) is 11.8 Å². The molecule has 1 heterocycles. The highest BCUT2D eigenvalue weighted by molar-refractivity contribution is 6.18. The third-order valence-corrected chi connectivity index (χ3v) is 2.86. The monoisotopic (exact) mass is 248 g/mol. The van der Waals surface area contributed by atoms with E-state index in [9.17, 15) is 9.59 Å². The smallest absolute Gasteiger partial charge is 0.250 e. The molecule has 1 fully saturated rings. The van der Waals surface area contributed by atoms with Gasteiger partial charge in [0.25, 0.3) is 5.91 Å². The average Bonchev–Trinajstić information content (AvgIpc) is 2.37. The van der Waals surface area contributed by atoms with E-state index in [1.165, 1.54) is 0 Å². The standard InChI is InChI=1S/C13H16N2O3/c1-2-18-10-5-3-9(4-6-10)15-12(16)8-7-11(14)13(15)17/h3-6,11H,2,7-8,14H2,1H3. The maximum Gasteiger partial charge on any atom is 0.250 e. The second-order valence-corrected chi connectivity index (χ2v) is 4.14. The van der Waals surface area contributed by atoms with Crippen LogP contribution in [0.1, 0.15) is 19.8 Å². The molecule has 1 aliphatic heterocycles. The molecule has 1 aliphatic rings. The Labute approximate surface area is 106 Å². The van der Waals surface area contributed by atoms with Gasteiger partial charge < -0.3 is 10.5 Å². The minimum atomic E-state index is -0.589. The van der Waals surface area contributed by atoms with Gasteiger partial charge in [0, 0.05) is 6.42 Å². The zero-order chi connectivity index (χ0) is 13.1. The molecule has 0 bridgehead atoms. The van der Waals surface area contributed by atoms with Crippen molar-refractivity contribution in [2.75, 3.05) is 11.5 Å². The second-order valence-electron chi connectivity index (χ2n) is 4.14. The minimum Gasteiger partial charge on any atom is -0.494 e. The number of benzene rings is 1. The van der Waals surface area contributed by atoms with Crippen LogP contribution in [0.5, 0.6) is 5.75 Å². The zero-order valence-corrected chi connectivity index (χ0v) is 10.3. The summed E-state index contributed by atoms with van der Waals surface area (Å²) in [5.74, 6) is 0.170. The summed E-state index contributed by atoms with van der Waals surface area (Å²) in [6.07, 6.45) is 0.727. The molecular formula is C13H16N2O3. The number of carbonyl (C=O) groups excluding carboxylic acids is 2. The molecule has 2 N–H and O–H groups in total. The first-order chi connectivity index (χ1) is 8.63. The van der Waals surface area contributed by atoms with E-state index >= 15 is 0 Å². The number of imide groups is 1. The van der Waals surface area contributed by atoms with Gasteiger partial charge in [0.15, 0.2) is 0 Å². The van der Waals surface area contributed by atoms with Gasteiger partial charge in [-0.15, -0.1) is 0 Å². The lowest BCUT2D eigenvalue weighted by Crippen LogP contribution is -2.51. The van der Waals surface area contributed by atoms with E-state index in [4.69, 9.17) is 10.5 Å². The molecule has 0 aliphatic carbocycles. The fourth-order valence-electron chi connectivity index (χ4n) is 1.93. The van der Waals surface area contributed by atoms with E-state index in [0.29, 0.717) is 30.9 Å². The minimum absolute atomic E-state index is 0.203. The van der Waals surface area contributed by atoms with Crippen molar-refractivity contribution in [1.29, 1.82) is 0 Å². The quantitative estimate of drug-likeness (QED) is 0.812. The maximum atomic E-state index is 11.9. The van der Waals surface area contributed by atoms with Crippen LogP contribution in [-0.4, -0.2) is 24.5 Å². The zero-order valence-electron chi connectivity index (χ0n) is 10.3. The van der Waals surface area contributed by atoms with Gasteiger partial charge in [-0.05, 0) is 37.6 Å². The van der Waals surface area contributed by atoms with Crippen molar-refractivity contribution in [3.63, 3.8) is 0 Å². The van der Waals surface area contributed by atoms with Crippen LogP contribution in [0.15, 0.2) is 24.3 Å². The number of ether oxygens (including phenoxy) is 1. The number of carbonyl (C=O) groups is 2. The molecule has 1 aromatic carbocycles. The van der Waals surface area contributed by atoms with Crippen molar-refractivity contribution in [3.8, 4) is 5.75 Å². The summed E-state index contributed by atoms with van der Waals surface area (Å²) in [7, 11) is 0. The topological polar surface area (TPSA) is 72.6 Å². The van der Waals surface area contributed by atoms with Gasteiger partial charge in [0.1, 0.15) is 5.75 Å². The van der Waals surface area contributed by atoms with Crippen LogP contribution in [0.2, 0.25) is 0 Å². The summed E-state index contributed by atoms with van der Waals surface area (Å²) >= 11 is 0. The van der Waals surface area contributed by atoms with Gasteiger partial charge in [0.05, 0.1) is 18.3 Å². The molecule has 5 nitrogen and oxygen atoms in total. The highest BCUT2D eigenvalue weighted by Gasteiger charge is 2.32. The normalized spacial score (nSPS) is 20.1. The summed E-state index contributed by atoms with van der Waals surface area (Å²) in [6, 6.07) is 6.27. The highest BCUT2D eigenvalue weighted by Crippen LogP contribution is 2.24. The Kier molecular flexibility index (Phi) is 3.62. The lowest BCUT2D eigenvalue weighted by Gasteiger charge is -2.28. The molecule has 1 unspecified atom stereocenters. The number of nitrogens with two attached hydrogens (primary N) is 1. The van der Waals surface area contributed by atoms with Gasteiger partial charge in [-0.3, -0.25) is 9.59 Å².